The van der Waals surface area contributed by atoms with Crippen molar-refractivity contribution in [1.29, 1.82) is 0 Å². The molecule has 3 heterocycles. The van der Waals surface area contributed by atoms with Crippen molar-refractivity contribution in [2.45, 2.75) is 19.2 Å². The molecule has 3 rings (SSSR count). The van der Waals surface area contributed by atoms with Gasteiger partial charge in [0.2, 0.25) is 0 Å². The maximum absolute atomic E-state index is 12.8. The number of amides is 1. The zero-order valence-corrected chi connectivity index (χ0v) is 16.1. The number of rotatable bonds is 5. The molecule has 0 bridgehead atoms. The van der Waals surface area contributed by atoms with Crippen LogP contribution in [0.5, 0.6) is 0 Å². The summed E-state index contributed by atoms with van der Waals surface area (Å²) in [6, 6.07) is 3.43. The Morgan fingerprint density at radius 3 is 2.57 bits per heavy atom. The smallest absolute Gasteiger partial charge is 0.396 e. The van der Waals surface area contributed by atoms with E-state index in [0.29, 0.717) is 5.56 Å². The van der Waals surface area contributed by atoms with Crippen molar-refractivity contribution in [3.05, 3.63) is 48.0 Å². The summed E-state index contributed by atoms with van der Waals surface area (Å²) in [5.41, 5.74) is 6.55. The molecule has 4 N–H and O–H groups in total. The molecular weight excluding hydrogens is 401 g/mol. The molecule has 0 fully saturated rings. The van der Waals surface area contributed by atoms with E-state index in [4.69, 9.17) is 5.73 Å². The van der Waals surface area contributed by atoms with Crippen LogP contribution < -0.4 is 11.1 Å². The highest BCUT2D eigenvalue weighted by Crippen LogP contribution is 2.32. The summed E-state index contributed by atoms with van der Waals surface area (Å²) in [7, 11) is 1.69. The first-order chi connectivity index (χ1) is 14.1. The van der Waals surface area contributed by atoms with E-state index in [1.54, 1.807) is 13.2 Å². The first-order valence-electron chi connectivity index (χ1n) is 8.85. The van der Waals surface area contributed by atoms with Crippen LogP contribution in [0, 0.1) is 0 Å². The lowest BCUT2D eigenvalue weighted by molar-refractivity contribution is -0.141. The molecule has 8 nitrogen and oxygen atoms in total. The van der Waals surface area contributed by atoms with Crippen LogP contribution in [0.4, 0.5) is 18.9 Å². The third kappa shape index (κ3) is 4.57. The van der Waals surface area contributed by atoms with Crippen molar-refractivity contribution >= 4 is 11.6 Å². The predicted octanol–water partition coefficient (Wildman–Crippen LogP) is 2.26. The van der Waals surface area contributed by atoms with Crippen LogP contribution in [0.2, 0.25) is 0 Å². The van der Waals surface area contributed by atoms with Crippen LogP contribution >= 0.6 is 0 Å². The fraction of sp³-hybridized carbons (Fsp3) is 0.263. The second kappa shape index (κ2) is 8.11. The van der Waals surface area contributed by atoms with Crippen molar-refractivity contribution in [1.82, 2.24) is 25.1 Å². The van der Waals surface area contributed by atoms with Crippen LogP contribution in [-0.4, -0.2) is 43.4 Å². The number of hydrogen-bond acceptors (Lipinski definition) is 6. The molecule has 0 radical (unpaired) electrons. The lowest BCUT2D eigenvalue weighted by Crippen LogP contribution is -2.31. The predicted molar refractivity (Wildman–Crippen MR) is 103 cm³/mol. The molecule has 158 valence electrons. The lowest BCUT2D eigenvalue weighted by atomic mass is 10.0. The van der Waals surface area contributed by atoms with Gasteiger partial charge in [-0.1, -0.05) is 0 Å². The van der Waals surface area contributed by atoms with E-state index in [1.807, 2.05) is 0 Å². The number of nitrogens with one attached hydrogen (secondary N) is 1. The summed E-state index contributed by atoms with van der Waals surface area (Å²) in [6.07, 6.45) is -1.16. The average molecular weight is 420 g/mol. The van der Waals surface area contributed by atoms with Gasteiger partial charge >= 0.3 is 6.18 Å². The molecule has 0 saturated heterocycles. The van der Waals surface area contributed by atoms with Crippen molar-refractivity contribution in [2.24, 2.45) is 7.05 Å². The highest BCUT2D eigenvalue weighted by atomic mass is 19.4. The number of pyridine rings is 2. The molecule has 30 heavy (non-hydrogen) atoms. The number of hydrogen-bond donors (Lipinski definition) is 3. The number of aromatic nitrogens is 4. The summed E-state index contributed by atoms with van der Waals surface area (Å²) in [5, 5.41) is 16.0. The third-order valence-electron chi connectivity index (χ3n) is 4.19. The van der Waals surface area contributed by atoms with Crippen molar-refractivity contribution in [3.63, 3.8) is 0 Å². The third-order valence-corrected chi connectivity index (χ3v) is 4.19. The number of nitrogens with zero attached hydrogens (tertiary/aromatic N) is 4. The Morgan fingerprint density at radius 1 is 1.30 bits per heavy atom. The van der Waals surface area contributed by atoms with Gasteiger partial charge in [-0.15, -0.1) is 0 Å². The van der Waals surface area contributed by atoms with E-state index >= 15 is 0 Å². The van der Waals surface area contributed by atoms with E-state index in [0.717, 1.165) is 12.3 Å². The van der Waals surface area contributed by atoms with Crippen LogP contribution in [0.25, 0.3) is 22.5 Å². The van der Waals surface area contributed by atoms with Crippen LogP contribution in [0.1, 0.15) is 23.0 Å². The maximum atomic E-state index is 12.8. The number of carbonyl (C=O) groups excluding carboxylic acids is 1. The fourth-order valence-corrected chi connectivity index (χ4v) is 2.70. The number of aliphatic hydroxyl groups is 1. The second-order valence-electron chi connectivity index (χ2n) is 6.71. The van der Waals surface area contributed by atoms with Gasteiger partial charge in [-0.3, -0.25) is 14.5 Å². The molecule has 3 aromatic rings. The van der Waals surface area contributed by atoms with Crippen molar-refractivity contribution in [2.75, 3.05) is 12.3 Å². The Kier molecular flexibility index (Phi) is 5.74. The summed E-state index contributed by atoms with van der Waals surface area (Å²) in [6.45, 7) is 1.51. The van der Waals surface area contributed by atoms with Gasteiger partial charge in [-0.2, -0.15) is 18.3 Å². The first-order valence-corrected chi connectivity index (χ1v) is 8.85. The van der Waals surface area contributed by atoms with Gasteiger partial charge in [-0.25, -0.2) is 4.98 Å². The van der Waals surface area contributed by atoms with Gasteiger partial charge in [0.25, 0.3) is 5.91 Å². The highest BCUT2D eigenvalue weighted by molar-refractivity contribution is 6.03. The van der Waals surface area contributed by atoms with E-state index in [9.17, 15) is 23.1 Å². The number of aryl methyl sites for hydroxylation is 1. The van der Waals surface area contributed by atoms with E-state index in [-0.39, 0.29) is 34.7 Å². The largest absolute Gasteiger partial charge is 0.433 e. The van der Waals surface area contributed by atoms with Crippen LogP contribution in [0.15, 0.2) is 36.8 Å². The number of carbonyl (C=O) groups is 1. The van der Waals surface area contributed by atoms with Gasteiger partial charge in [0.15, 0.2) is 0 Å². The Hall–Kier alpha value is -3.47. The van der Waals surface area contributed by atoms with Crippen molar-refractivity contribution in [3.8, 4) is 22.5 Å². The number of nitrogens with two attached hydrogens (primary N) is 1. The van der Waals surface area contributed by atoms with E-state index in [1.165, 1.54) is 29.9 Å². The Labute approximate surface area is 169 Å². The summed E-state index contributed by atoms with van der Waals surface area (Å²) >= 11 is 0. The molecule has 11 heteroatoms. The summed E-state index contributed by atoms with van der Waals surface area (Å²) in [5.74, 6) is -0.554. The molecule has 1 amide bonds. The van der Waals surface area contributed by atoms with E-state index in [2.05, 4.69) is 20.4 Å². The SMILES string of the molecule is C[C@H](O)CNC(=O)c1cc(-c2ccc(C(F)(F)F)nc2)nc(-c2cnn(C)c2)c1N. The molecule has 0 unspecified atom stereocenters. The van der Waals surface area contributed by atoms with Crippen LogP contribution in [0.3, 0.4) is 0 Å². The van der Waals surface area contributed by atoms with Gasteiger partial charge in [0.1, 0.15) is 5.69 Å². The molecule has 1 atom stereocenters. The minimum atomic E-state index is -4.57. The van der Waals surface area contributed by atoms with E-state index < -0.39 is 23.9 Å². The summed E-state index contributed by atoms with van der Waals surface area (Å²) in [4.78, 5) is 20.5. The standard InChI is InChI=1S/C19H19F3N6O2/c1-10(29)6-25-18(30)13-5-14(11-3-4-15(24-7-11)19(20,21)22)27-17(16(13)23)12-8-26-28(2)9-12/h3-5,7-10,29H,6,23H2,1-2H3,(H,25,30)/t10-/m0/s1. The maximum Gasteiger partial charge on any atom is 0.433 e. The number of anilines is 1. The molecule has 0 aromatic carbocycles. The molecule has 0 spiro atoms. The summed E-state index contributed by atoms with van der Waals surface area (Å²) < 4.78 is 39.9. The van der Waals surface area contributed by atoms with Gasteiger partial charge in [0.05, 0.1) is 34.9 Å². The minimum Gasteiger partial charge on any atom is -0.396 e. The Bertz CT molecular complexity index is 1060. The molecule has 0 saturated carbocycles. The zero-order valence-electron chi connectivity index (χ0n) is 16.1. The molecular formula is C19H19F3N6O2. The fourth-order valence-electron chi connectivity index (χ4n) is 2.70. The van der Waals surface area contributed by atoms with Gasteiger partial charge < -0.3 is 16.2 Å². The molecule has 0 aliphatic carbocycles. The topological polar surface area (TPSA) is 119 Å². The number of alkyl halides is 3. The quantitative estimate of drug-likeness (QED) is 0.583. The molecule has 3 aromatic heterocycles. The van der Waals surface area contributed by atoms with Gasteiger partial charge in [0, 0.05) is 37.1 Å². The number of aliphatic hydroxyl groups excluding tert-OH is 1. The van der Waals surface area contributed by atoms with Crippen molar-refractivity contribution < 1.29 is 23.1 Å². The normalized spacial score (nSPS) is 12.6. The van der Waals surface area contributed by atoms with Gasteiger partial charge in [-0.05, 0) is 25.1 Å². The van der Waals surface area contributed by atoms with Crippen LogP contribution in [-0.2, 0) is 13.2 Å². The number of nitrogen functional groups attached to an aromatic ring is 1. The molecule has 0 aliphatic heterocycles. The average Bonchev–Trinajstić information content (AvgIpc) is 3.11. The highest BCUT2D eigenvalue weighted by Gasteiger charge is 2.32. The zero-order chi connectivity index (χ0) is 22.1. The molecule has 0 aliphatic rings. The Morgan fingerprint density at radius 2 is 2.03 bits per heavy atom. The minimum absolute atomic E-state index is 0.00000934. The number of halogens is 3. The monoisotopic (exact) mass is 420 g/mol. The lowest BCUT2D eigenvalue weighted by Gasteiger charge is -2.14. The second-order valence-corrected chi connectivity index (χ2v) is 6.71. The Balaban J connectivity index is 2.10. The first kappa shape index (κ1) is 21.2.